The van der Waals surface area contributed by atoms with Crippen LogP contribution in [0.15, 0.2) is 47.5 Å². The monoisotopic (exact) mass is 481 g/mol. The van der Waals surface area contributed by atoms with Crippen molar-refractivity contribution in [2.24, 2.45) is 0 Å². The molecule has 180 valence electrons. The summed E-state index contributed by atoms with van der Waals surface area (Å²) < 4.78 is 31.8. The van der Waals surface area contributed by atoms with Gasteiger partial charge in [0.1, 0.15) is 17.3 Å². The summed E-state index contributed by atoms with van der Waals surface area (Å²) in [6.07, 6.45) is 3.86. The van der Waals surface area contributed by atoms with Gasteiger partial charge in [-0.25, -0.2) is 18.4 Å². The second-order valence-corrected chi connectivity index (χ2v) is 10.5. The summed E-state index contributed by atoms with van der Waals surface area (Å²) in [5.41, 5.74) is 9.45. The van der Waals surface area contributed by atoms with Gasteiger partial charge in [0.2, 0.25) is 15.7 Å². The number of unbranched alkanes of at least 4 members (excludes halogenated alkanes) is 2. The Morgan fingerprint density at radius 2 is 1.71 bits per heavy atom. The molecule has 7 nitrogen and oxygen atoms in total. The van der Waals surface area contributed by atoms with E-state index in [0.717, 1.165) is 48.1 Å². The molecule has 8 heteroatoms. The molecular weight excluding hydrogens is 450 g/mol. The van der Waals surface area contributed by atoms with Crippen LogP contribution in [0.2, 0.25) is 0 Å². The van der Waals surface area contributed by atoms with Crippen molar-refractivity contribution in [1.29, 1.82) is 0 Å². The lowest BCUT2D eigenvalue weighted by Crippen LogP contribution is -2.19. The number of carbonyl (C=O) groups is 1. The molecule has 0 bridgehead atoms. The molecule has 34 heavy (non-hydrogen) atoms. The molecule has 0 aliphatic rings. The van der Waals surface area contributed by atoms with E-state index in [1.54, 1.807) is 12.1 Å². The predicted molar refractivity (Wildman–Crippen MR) is 133 cm³/mol. The average Bonchev–Trinajstić information content (AvgIpc) is 2.76. The Balaban J connectivity index is 1.98. The maximum atomic E-state index is 13.2. The number of sulfone groups is 1. The standard InChI is InChI=1S/C26H31N3O4S/c1-5-6-7-9-20-12-13-21(22(30)16-34(31,32)24-11-8-10-23(27)29-24)26(28-20)33-25-18(3)14-17(2)15-19(25)4/h8,10-15H,5-7,9,16H2,1-4H3,(H2,27,29). The number of hydrogen-bond donors (Lipinski definition) is 1. The molecule has 3 aromatic rings. The minimum atomic E-state index is -3.99. The van der Waals surface area contributed by atoms with E-state index in [9.17, 15) is 13.2 Å². The van der Waals surface area contributed by atoms with Gasteiger partial charge in [-0.1, -0.05) is 43.5 Å². The lowest BCUT2D eigenvalue weighted by atomic mass is 10.1. The number of hydrogen-bond acceptors (Lipinski definition) is 7. The molecule has 0 aliphatic carbocycles. The third-order valence-electron chi connectivity index (χ3n) is 5.44. The van der Waals surface area contributed by atoms with E-state index < -0.39 is 21.4 Å². The maximum Gasteiger partial charge on any atom is 0.230 e. The Bertz CT molecular complexity index is 1280. The summed E-state index contributed by atoms with van der Waals surface area (Å²) in [5.74, 6) is -0.582. The number of Topliss-reactive ketones (excluding diaryl/α,β-unsaturated/α-hetero) is 1. The Morgan fingerprint density at radius 3 is 2.35 bits per heavy atom. The fourth-order valence-corrected chi connectivity index (χ4v) is 5.00. The van der Waals surface area contributed by atoms with E-state index in [4.69, 9.17) is 10.5 Å². The molecule has 0 spiro atoms. The molecule has 0 amide bonds. The van der Waals surface area contributed by atoms with Crippen molar-refractivity contribution in [2.75, 3.05) is 11.5 Å². The van der Waals surface area contributed by atoms with Gasteiger partial charge in [0, 0.05) is 5.69 Å². The van der Waals surface area contributed by atoms with Crippen LogP contribution in [-0.2, 0) is 16.3 Å². The first-order valence-electron chi connectivity index (χ1n) is 11.3. The highest BCUT2D eigenvalue weighted by Crippen LogP contribution is 2.31. The van der Waals surface area contributed by atoms with Crippen molar-refractivity contribution in [1.82, 2.24) is 9.97 Å². The van der Waals surface area contributed by atoms with Gasteiger partial charge < -0.3 is 10.5 Å². The topological polar surface area (TPSA) is 112 Å². The summed E-state index contributed by atoms with van der Waals surface area (Å²) in [6, 6.07) is 11.6. The highest BCUT2D eigenvalue weighted by atomic mass is 32.2. The van der Waals surface area contributed by atoms with Gasteiger partial charge in [-0.2, -0.15) is 0 Å². The van der Waals surface area contributed by atoms with Crippen LogP contribution in [0.5, 0.6) is 11.6 Å². The number of nitrogens with zero attached hydrogens (tertiary/aromatic N) is 2. The lowest BCUT2D eigenvalue weighted by molar-refractivity contribution is 0.101. The highest BCUT2D eigenvalue weighted by molar-refractivity contribution is 7.92. The average molecular weight is 482 g/mol. The summed E-state index contributed by atoms with van der Waals surface area (Å²) in [5, 5.41) is -0.238. The van der Waals surface area contributed by atoms with Crippen LogP contribution < -0.4 is 10.5 Å². The first kappa shape index (κ1) is 25.4. The summed E-state index contributed by atoms with van der Waals surface area (Å²) in [4.78, 5) is 21.6. The van der Waals surface area contributed by atoms with Crippen molar-refractivity contribution in [3.8, 4) is 11.6 Å². The highest BCUT2D eigenvalue weighted by Gasteiger charge is 2.25. The third kappa shape index (κ3) is 6.20. The van der Waals surface area contributed by atoms with E-state index >= 15 is 0 Å². The fourth-order valence-electron chi connectivity index (χ4n) is 3.82. The normalized spacial score (nSPS) is 11.4. The number of nitrogens with two attached hydrogens (primary N) is 1. The fraction of sp³-hybridized carbons (Fsp3) is 0.346. The molecule has 0 aliphatic heterocycles. The number of benzene rings is 1. The molecule has 3 rings (SSSR count). The Morgan fingerprint density at radius 1 is 1.00 bits per heavy atom. The molecule has 2 aromatic heterocycles. The lowest BCUT2D eigenvalue weighted by Gasteiger charge is -2.15. The van der Waals surface area contributed by atoms with Crippen molar-refractivity contribution in [3.63, 3.8) is 0 Å². The van der Waals surface area contributed by atoms with Crippen LogP contribution in [0.25, 0.3) is 0 Å². The molecule has 0 atom stereocenters. The molecule has 0 radical (unpaired) electrons. The summed E-state index contributed by atoms with van der Waals surface area (Å²) >= 11 is 0. The van der Waals surface area contributed by atoms with E-state index in [-0.39, 0.29) is 22.3 Å². The Kier molecular flexibility index (Phi) is 8.04. The van der Waals surface area contributed by atoms with E-state index in [0.29, 0.717) is 5.75 Å². The van der Waals surface area contributed by atoms with E-state index in [1.807, 2.05) is 32.9 Å². The van der Waals surface area contributed by atoms with Crippen LogP contribution in [0.4, 0.5) is 5.82 Å². The van der Waals surface area contributed by atoms with Crippen molar-refractivity contribution < 1.29 is 17.9 Å². The Hall–Kier alpha value is -3.26. The molecule has 0 saturated carbocycles. The second-order valence-electron chi connectivity index (χ2n) is 8.53. The number of anilines is 1. The number of rotatable bonds is 10. The SMILES string of the molecule is CCCCCc1ccc(C(=O)CS(=O)(=O)c2cccc(N)n2)c(Oc2c(C)cc(C)cc2C)n1. The van der Waals surface area contributed by atoms with Gasteiger partial charge in [-0.15, -0.1) is 0 Å². The van der Waals surface area contributed by atoms with E-state index in [1.165, 1.54) is 18.2 Å². The minimum absolute atomic E-state index is 0.0703. The minimum Gasteiger partial charge on any atom is -0.438 e. The zero-order chi connectivity index (χ0) is 24.9. The molecule has 2 heterocycles. The van der Waals surface area contributed by atoms with Gasteiger partial charge in [0.25, 0.3) is 0 Å². The zero-order valence-corrected chi connectivity index (χ0v) is 20.9. The number of aryl methyl sites for hydroxylation is 4. The van der Waals surface area contributed by atoms with E-state index in [2.05, 4.69) is 16.9 Å². The number of carbonyl (C=O) groups excluding carboxylic acids is 1. The first-order valence-corrected chi connectivity index (χ1v) is 13.0. The van der Waals surface area contributed by atoms with Crippen molar-refractivity contribution >= 4 is 21.4 Å². The quantitative estimate of drug-likeness (QED) is 0.314. The van der Waals surface area contributed by atoms with Gasteiger partial charge in [-0.05, 0) is 69.0 Å². The predicted octanol–water partition coefficient (Wildman–Crippen LogP) is 5.17. The van der Waals surface area contributed by atoms with Crippen LogP contribution in [0, 0.1) is 20.8 Å². The van der Waals surface area contributed by atoms with Crippen LogP contribution >= 0.6 is 0 Å². The number of aromatic nitrogens is 2. The van der Waals surface area contributed by atoms with Crippen LogP contribution in [0.1, 0.15) is 58.9 Å². The first-order chi connectivity index (χ1) is 16.1. The third-order valence-corrected chi connectivity index (χ3v) is 6.95. The van der Waals surface area contributed by atoms with Crippen molar-refractivity contribution in [2.45, 2.75) is 58.4 Å². The molecule has 0 unspecified atom stereocenters. The molecular formula is C26H31N3O4S. The molecule has 2 N–H and O–H groups in total. The molecule has 0 saturated heterocycles. The molecule has 0 fully saturated rings. The number of ether oxygens (including phenoxy) is 1. The smallest absolute Gasteiger partial charge is 0.230 e. The largest absolute Gasteiger partial charge is 0.438 e. The van der Waals surface area contributed by atoms with Crippen LogP contribution in [-0.4, -0.2) is 29.9 Å². The van der Waals surface area contributed by atoms with Crippen molar-refractivity contribution in [3.05, 3.63) is 70.4 Å². The van der Waals surface area contributed by atoms with Gasteiger partial charge in [0.05, 0.1) is 5.56 Å². The van der Waals surface area contributed by atoms with Gasteiger partial charge in [0.15, 0.2) is 10.8 Å². The zero-order valence-electron chi connectivity index (χ0n) is 20.1. The number of ketones is 1. The number of nitrogen functional groups attached to an aromatic ring is 1. The number of pyridine rings is 2. The summed E-state index contributed by atoms with van der Waals surface area (Å²) in [7, 11) is -3.99. The van der Waals surface area contributed by atoms with Gasteiger partial charge in [-0.3, -0.25) is 4.79 Å². The van der Waals surface area contributed by atoms with Crippen LogP contribution in [0.3, 0.4) is 0 Å². The second kappa shape index (κ2) is 10.8. The maximum absolute atomic E-state index is 13.2. The summed E-state index contributed by atoms with van der Waals surface area (Å²) in [6.45, 7) is 7.98. The Labute approximate surface area is 201 Å². The van der Waals surface area contributed by atoms with Gasteiger partial charge >= 0.3 is 0 Å². The molecule has 1 aromatic carbocycles.